The van der Waals surface area contributed by atoms with E-state index in [0.29, 0.717) is 91.9 Å². The molecule has 3 N–H and O–H groups in total. The number of ether oxygens (including phenoxy) is 1. The number of carbonyl (C=O) groups excluding carboxylic acids is 4. The highest BCUT2D eigenvalue weighted by molar-refractivity contribution is 6.05. The lowest BCUT2D eigenvalue weighted by Gasteiger charge is -2.38. The summed E-state index contributed by atoms with van der Waals surface area (Å²) in [6.45, 7) is 7.44. The first-order chi connectivity index (χ1) is 33.6. The molecule has 1 atom stereocenters. The Bertz CT molecular complexity index is 3260. The van der Waals surface area contributed by atoms with Gasteiger partial charge in [0.15, 0.2) is 11.6 Å². The maximum absolute atomic E-state index is 15.5. The van der Waals surface area contributed by atoms with Crippen molar-refractivity contribution in [2.75, 3.05) is 18.5 Å². The zero-order chi connectivity index (χ0) is 49.2. The molecule has 0 spiro atoms. The molecule has 19 heteroatoms. The third-order valence-electron chi connectivity index (χ3n) is 14.0. The predicted molar refractivity (Wildman–Crippen MR) is 255 cm³/mol. The molecule has 2 aromatic carbocycles. The van der Waals surface area contributed by atoms with E-state index in [0.717, 1.165) is 27.9 Å². The summed E-state index contributed by atoms with van der Waals surface area (Å²) < 4.78 is 25.9. The molecule has 10 rings (SSSR count). The minimum absolute atomic E-state index is 0.0197. The molecule has 1 unspecified atom stereocenters. The SMILES string of the molecule is Cn1cc(-c2ccnc(-n3ncc4cc(C(C)(C)C)cc(F)c4c3=O)c2CO)cc(Nc2cc3n(n2)CCN(C(=O)C2CC(OCCCc4cccc5c4CN(C4CCC(=O)NC4=O)C5=O)C2)C3)c1=O. The molecule has 1 saturated carbocycles. The van der Waals surface area contributed by atoms with Crippen molar-refractivity contribution in [2.24, 2.45) is 13.0 Å². The van der Waals surface area contributed by atoms with E-state index in [1.807, 2.05) is 48.6 Å². The van der Waals surface area contributed by atoms with Gasteiger partial charge in [0.05, 0.1) is 43.1 Å². The first-order valence-electron chi connectivity index (χ1n) is 23.6. The summed E-state index contributed by atoms with van der Waals surface area (Å²) in [6, 6.07) is 13.2. The number of nitrogens with one attached hydrogen (secondary N) is 2. The lowest BCUT2D eigenvalue weighted by molar-refractivity contribution is -0.146. The van der Waals surface area contributed by atoms with Gasteiger partial charge in [-0.25, -0.2) is 9.37 Å². The van der Waals surface area contributed by atoms with Gasteiger partial charge < -0.3 is 29.5 Å². The fourth-order valence-corrected chi connectivity index (χ4v) is 10.1. The summed E-state index contributed by atoms with van der Waals surface area (Å²) in [7, 11) is 1.60. The third-order valence-corrected chi connectivity index (χ3v) is 14.0. The van der Waals surface area contributed by atoms with Crippen molar-refractivity contribution < 1.29 is 33.4 Å². The van der Waals surface area contributed by atoms with Gasteiger partial charge in [0.1, 0.15) is 17.5 Å². The van der Waals surface area contributed by atoms with Crippen molar-refractivity contribution in [1.82, 2.24) is 44.2 Å². The summed E-state index contributed by atoms with van der Waals surface area (Å²) in [6.07, 6.45) is 7.64. The number of aryl methyl sites for hydroxylation is 2. The smallest absolute Gasteiger partial charge is 0.283 e. The zero-order valence-electron chi connectivity index (χ0n) is 39.3. The Balaban J connectivity index is 0.756. The topological polar surface area (TPSA) is 216 Å². The molecule has 4 amide bonds. The van der Waals surface area contributed by atoms with E-state index < -0.39 is 29.9 Å². The number of amides is 4. The van der Waals surface area contributed by atoms with Gasteiger partial charge in [-0.05, 0) is 90.1 Å². The largest absolute Gasteiger partial charge is 0.392 e. The van der Waals surface area contributed by atoms with Crippen LogP contribution in [0.5, 0.6) is 0 Å². The summed E-state index contributed by atoms with van der Waals surface area (Å²) in [5, 5.41) is 25.4. The van der Waals surface area contributed by atoms with Crippen molar-refractivity contribution in [3.8, 4) is 16.9 Å². The number of hydrogen-bond acceptors (Lipinski definition) is 12. The van der Waals surface area contributed by atoms with Gasteiger partial charge in [0.2, 0.25) is 17.7 Å². The maximum Gasteiger partial charge on any atom is 0.283 e. The van der Waals surface area contributed by atoms with Crippen LogP contribution in [0.15, 0.2) is 76.7 Å². The monoisotopic (exact) mass is 952 g/mol. The molecule has 7 heterocycles. The molecule has 18 nitrogen and oxygen atoms in total. The number of halogens is 1. The van der Waals surface area contributed by atoms with Crippen LogP contribution in [-0.4, -0.2) is 92.9 Å². The molecule has 362 valence electrons. The Morgan fingerprint density at radius 3 is 2.59 bits per heavy atom. The minimum atomic E-state index is -0.729. The molecule has 1 saturated heterocycles. The van der Waals surface area contributed by atoms with Crippen LogP contribution in [0.3, 0.4) is 0 Å². The first kappa shape index (κ1) is 46.4. The van der Waals surface area contributed by atoms with Gasteiger partial charge in [-0.1, -0.05) is 32.9 Å². The second-order valence-corrected chi connectivity index (χ2v) is 19.6. The van der Waals surface area contributed by atoms with Gasteiger partial charge >= 0.3 is 0 Å². The molecule has 4 aliphatic rings. The van der Waals surface area contributed by atoms with E-state index >= 15 is 4.39 Å². The van der Waals surface area contributed by atoms with E-state index in [1.165, 1.54) is 23.0 Å². The molecule has 2 fully saturated rings. The molecular formula is C51H53FN10O8. The number of carbonyl (C=O) groups is 4. The van der Waals surface area contributed by atoms with Crippen LogP contribution < -0.4 is 21.8 Å². The maximum atomic E-state index is 15.5. The fourth-order valence-electron chi connectivity index (χ4n) is 10.1. The number of benzene rings is 2. The summed E-state index contributed by atoms with van der Waals surface area (Å²) in [5.74, 6) is -1.28. The highest BCUT2D eigenvalue weighted by atomic mass is 19.1. The van der Waals surface area contributed by atoms with Crippen LogP contribution in [0.25, 0.3) is 27.7 Å². The molecule has 1 aliphatic carbocycles. The van der Waals surface area contributed by atoms with Crippen molar-refractivity contribution in [3.05, 3.63) is 127 Å². The number of aliphatic hydroxyl groups is 1. The molecular weight excluding hydrogens is 900 g/mol. The number of imide groups is 1. The molecule has 0 bridgehead atoms. The van der Waals surface area contributed by atoms with Gasteiger partial charge in [-0.15, -0.1) is 0 Å². The van der Waals surface area contributed by atoms with Crippen molar-refractivity contribution in [3.63, 3.8) is 0 Å². The zero-order valence-corrected chi connectivity index (χ0v) is 39.3. The normalized spacial score (nSPS) is 19.0. The van der Waals surface area contributed by atoms with Crippen LogP contribution in [0.1, 0.15) is 91.2 Å². The highest BCUT2D eigenvalue weighted by Crippen LogP contribution is 2.35. The lowest BCUT2D eigenvalue weighted by atomic mass is 9.81. The quantitative estimate of drug-likeness (QED) is 0.114. The van der Waals surface area contributed by atoms with E-state index in [2.05, 4.69) is 20.7 Å². The van der Waals surface area contributed by atoms with Crippen LogP contribution in [-0.2, 0) is 64.2 Å². The van der Waals surface area contributed by atoms with Gasteiger partial charge in [-0.3, -0.25) is 38.8 Å². The van der Waals surface area contributed by atoms with Crippen LogP contribution in [0.4, 0.5) is 15.9 Å². The second kappa shape index (κ2) is 18.2. The average molecular weight is 953 g/mol. The number of anilines is 2. The number of rotatable bonds is 12. The van der Waals surface area contributed by atoms with Gasteiger partial charge in [0.25, 0.3) is 17.0 Å². The van der Waals surface area contributed by atoms with Crippen LogP contribution >= 0.6 is 0 Å². The fraction of sp³-hybridized carbons (Fsp3) is 0.392. The van der Waals surface area contributed by atoms with Gasteiger partial charge in [0, 0.05) is 79.6 Å². The first-order valence-corrected chi connectivity index (χ1v) is 23.6. The Kier molecular flexibility index (Phi) is 12.0. The Labute approximate surface area is 401 Å². The standard InChI is InChI=1S/C51H53FN10O8/c1-51(2,3)32-17-30-23-54-62(50(69)44(30)39(52)21-32)45-38(27-63)35(12-13-53-45)31-20-40(49(68)58(4)24-31)55-42-22-33-25-59(14-15-61(33)57-42)47(66)29-18-34(19-29)70-16-6-8-28-7-5-9-36-37(28)26-60(48(36)67)41-10-11-43(64)56-46(41)65/h5,7,9,12-13,17,20-24,29,34,41,63H,6,8,10-11,14-16,18-19,25-27H2,1-4H3,(H,55,57)(H,56,64,65). The van der Waals surface area contributed by atoms with E-state index in [4.69, 9.17) is 9.84 Å². The van der Waals surface area contributed by atoms with E-state index in [1.54, 1.807) is 42.4 Å². The van der Waals surface area contributed by atoms with Crippen molar-refractivity contribution in [1.29, 1.82) is 0 Å². The summed E-state index contributed by atoms with van der Waals surface area (Å²) >= 11 is 0. The van der Waals surface area contributed by atoms with E-state index in [9.17, 15) is 33.9 Å². The number of nitrogens with zero attached hydrogens (tertiary/aromatic N) is 8. The molecule has 4 aromatic heterocycles. The number of pyridine rings is 2. The third kappa shape index (κ3) is 8.56. The number of fused-ring (bicyclic) bond motifs is 3. The number of aliphatic hydroxyl groups excluding tert-OH is 1. The van der Waals surface area contributed by atoms with E-state index in [-0.39, 0.29) is 69.6 Å². The molecule has 0 radical (unpaired) electrons. The van der Waals surface area contributed by atoms with Crippen LogP contribution in [0.2, 0.25) is 0 Å². The number of hydrogen-bond donors (Lipinski definition) is 3. The minimum Gasteiger partial charge on any atom is -0.392 e. The van der Waals surface area contributed by atoms with Crippen molar-refractivity contribution >= 4 is 45.9 Å². The summed E-state index contributed by atoms with van der Waals surface area (Å²) in [5.41, 5.74) is 4.06. The summed E-state index contributed by atoms with van der Waals surface area (Å²) in [4.78, 5) is 86.1. The van der Waals surface area contributed by atoms with Crippen molar-refractivity contribution in [2.45, 2.75) is 103 Å². The van der Waals surface area contributed by atoms with Crippen LogP contribution in [0, 0.1) is 11.7 Å². The molecule has 70 heavy (non-hydrogen) atoms. The lowest BCUT2D eigenvalue weighted by Crippen LogP contribution is -2.52. The average Bonchev–Trinajstić information content (AvgIpc) is 3.88. The molecule has 6 aromatic rings. The van der Waals surface area contributed by atoms with Gasteiger partial charge in [-0.2, -0.15) is 14.9 Å². The number of piperidine rings is 1. The number of aromatic nitrogens is 6. The predicted octanol–water partition coefficient (Wildman–Crippen LogP) is 4.55. The molecule has 3 aliphatic heterocycles. The Morgan fingerprint density at radius 2 is 1.81 bits per heavy atom. The highest BCUT2D eigenvalue weighted by Gasteiger charge is 2.41. The Hall–Kier alpha value is -7.38. The Morgan fingerprint density at radius 1 is 1.00 bits per heavy atom. The second-order valence-electron chi connectivity index (χ2n) is 19.6.